The number of aromatic nitrogens is 2. The summed E-state index contributed by atoms with van der Waals surface area (Å²) in [4.78, 5) is 7.72. The summed E-state index contributed by atoms with van der Waals surface area (Å²) >= 11 is 7.04. The van der Waals surface area contributed by atoms with E-state index in [4.69, 9.17) is 22.7 Å². The van der Waals surface area contributed by atoms with Crippen molar-refractivity contribution in [3.63, 3.8) is 0 Å². The van der Waals surface area contributed by atoms with E-state index in [0.717, 1.165) is 24.0 Å². The van der Waals surface area contributed by atoms with Gasteiger partial charge < -0.3 is 5.73 Å². The molecule has 0 bridgehead atoms. The van der Waals surface area contributed by atoms with E-state index in [1.165, 1.54) is 18.3 Å². The Labute approximate surface area is 127 Å². The monoisotopic (exact) mass is 332 g/mol. The average Bonchev–Trinajstić information content (AvgIpc) is 2.40. The molecule has 3 N–H and O–H groups in total. The fraction of sp³-hybridized carbons (Fsp3) is 0.0833. The molecule has 0 aliphatic heterocycles. The van der Waals surface area contributed by atoms with E-state index < -0.39 is 11.7 Å². The Morgan fingerprint density at radius 1 is 1.24 bits per heavy atom. The van der Waals surface area contributed by atoms with Gasteiger partial charge in [-0.05, 0) is 30.0 Å². The van der Waals surface area contributed by atoms with Crippen molar-refractivity contribution in [2.75, 3.05) is 0 Å². The van der Waals surface area contributed by atoms with Crippen molar-refractivity contribution in [3.05, 3.63) is 46.7 Å². The molecule has 0 saturated heterocycles. The van der Waals surface area contributed by atoms with Gasteiger partial charge in [-0.2, -0.15) is 13.2 Å². The maximum atomic E-state index is 12.4. The van der Waals surface area contributed by atoms with Crippen molar-refractivity contribution in [2.45, 2.75) is 16.2 Å². The Bertz CT molecular complexity index is 673. The first-order valence-corrected chi connectivity index (χ1v) is 6.68. The molecule has 2 aromatic rings. The van der Waals surface area contributed by atoms with Gasteiger partial charge >= 0.3 is 6.18 Å². The van der Waals surface area contributed by atoms with Gasteiger partial charge in [-0.3, -0.25) is 5.41 Å². The van der Waals surface area contributed by atoms with Crippen LogP contribution in [0.15, 0.2) is 40.6 Å². The van der Waals surface area contributed by atoms with Crippen LogP contribution in [0.2, 0.25) is 5.02 Å². The molecule has 0 radical (unpaired) electrons. The molecule has 4 nitrogen and oxygen atoms in total. The second kappa shape index (κ2) is 5.90. The average molecular weight is 333 g/mol. The lowest BCUT2D eigenvalue weighted by Gasteiger charge is -2.08. The molecule has 0 unspecified atom stereocenters. The van der Waals surface area contributed by atoms with Crippen LogP contribution in [0.3, 0.4) is 0 Å². The van der Waals surface area contributed by atoms with Crippen LogP contribution in [-0.2, 0) is 6.18 Å². The van der Waals surface area contributed by atoms with E-state index >= 15 is 0 Å². The molecule has 2 heterocycles. The molecule has 0 aliphatic rings. The summed E-state index contributed by atoms with van der Waals surface area (Å²) in [7, 11) is 0. The van der Waals surface area contributed by atoms with Crippen LogP contribution in [0.5, 0.6) is 0 Å². The summed E-state index contributed by atoms with van der Waals surface area (Å²) in [5.74, 6) is -0.218. The predicted molar refractivity (Wildman–Crippen MR) is 73.6 cm³/mol. The number of nitrogen functional groups attached to an aromatic ring is 1. The van der Waals surface area contributed by atoms with Crippen molar-refractivity contribution in [1.29, 1.82) is 5.41 Å². The second-order valence-corrected chi connectivity index (χ2v) is 5.26. The summed E-state index contributed by atoms with van der Waals surface area (Å²) in [6.07, 6.45) is -2.28. The first kappa shape index (κ1) is 15.6. The topological polar surface area (TPSA) is 75.7 Å². The van der Waals surface area contributed by atoms with Crippen molar-refractivity contribution in [1.82, 2.24) is 9.97 Å². The zero-order chi connectivity index (χ0) is 15.6. The molecule has 0 fully saturated rings. The predicted octanol–water partition coefficient (Wildman–Crippen LogP) is 3.58. The first-order valence-electron chi connectivity index (χ1n) is 5.49. The van der Waals surface area contributed by atoms with Crippen molar-refractivity contribution >= 4 is 29.2 Å². The minimum Gasteiger partial charge on any atom is -0.384 e. The standard InChI is InChI=1S/C12H8ClF3N4S/c13-9-7(10(17)18)3-4-19-11(9)21-8-2-1-6(5-20-8)12(14,15)16/h1-5H,(H3,17,18). The van der Waals surface area contributed by atoms with E-state index in [2.05, 4.69) is 9.97 Å². The lowest BCUT2D eigenvalue weighted by Crippen LogP contribution is -2.12. The largest absolute Gasteiger partial charge is 0.417 e. The van der Waals surface area contributed by atoms with Gasteiger partial charge in [0.1, 0.15) is 15.9 Å². The lowest BCUT2D eigenvalue weighted by atomic mass is 10.2. The quantitative estimate of drug-likeness (QED) is 0.665. The molecular weight excluding hydrogens is 325 g/mol. The summed E-state index contributed by atoms with van der Waals surface area (Å²) in [6, 6.07) is 3.64. The van der Waals surface area contributed by atoms with E-state index in [9.17, 15) is 13.2 Å². The maximum absolute atomic E-state index is 12.4. The minimum absolute atomic E-state index is 0.164. The third-order valence-electron chi connectivity index (χ3n) is 2.41. The zero-order valence-corrected chi connectivity index (χ0v) is 11.9. The van der Waals surface area contributed by atoms with Gasteiger partial charge in [0.25, 0.3) is 0 Å². The molecule has 0 atom stereocenters. The number of nitrogens with zero attached hydrogens (tertiary/aromatic N) is 2. The molecular formula is C12H8ClF3N4S. The van der Waals surface area contributed by atoms with Crippen LogP contribution in [0, 0.1) is 5.41 Å². The molecule has 0 aromatic carbocycles. The number of hydrogen-bond donors (Lipinski definition) is 2. The molecule has 2 aromatic heterocycles. The number of rotatable bonds is 3. The minimum atomic E-state index is -4.43. The van der Waals surface area contributed by atoms with Gasteiger partial charge in [0, 0.05) is 18.0 Å². The summed E-state index contributed by atoms with van der Waals surface area (Å²) in [6.45, 7) is 0. The summed E-state index contributed by atoms with van der Waals surface area (Å²) in [5.41, 5.74) is 4.84. The number of amidine groups is 1. The number of hydrogen-bond acceptors (Lipinski definition) is 4. The van der Waals surface area contributed by atoms with Crippen LogP contribution in [0.25, 0.3) is 0 Å². The van der Waals surface area contributed by atoms with Crippen LogP contribution < -0.4 is 5.73 Å². The molecule has 9 heteroatoms. The summed E-state index contributed by atoms with van der Waals surface area (Å²) < 4.78 is 37.3. The molecule has 0 aliphatic carbocycles. The zero-order valence-electron chi connectivity index (χ0n) is 10.3. The van der Waals surface area contributed by atoms with Gasteiger partial charge in [-0.25, -0.2) is 9.97 Å². The van der Waals surface area contributed by atoms with Gasteiger partial charge in [-0.1, -0.05) is 11.6 Å². The third-order valence-corrected chi connectivity index (χ3v) is 3.86. The van der Waals surface area contributed by atoms with E-state index in [0.29, 0.717) is 15.6 Å². The fourth-order valence-electron chi connectivity index (χ4n) is 1.41. The van der Waals surface area contributed by atoms with Crippen LogP contribution in [0.4, 0.5) is 13.2 Å². The normalized spacial score (nSPS) is 11.4. The summed E-state index contributed by atoms with van der Waals surface area (Å²) in [5, 5.41) is 8.15. The van der Waals surface area contributed by atoms with Gasteiger partial charge in [0.2, 0.25) is 0 Å². The molecule has 2 rings (SSSR count). The maximum Gasteiger partial charge on any atom is 0.417 e. The van der Waals surface area contributed by atoms with Crippen molar-refractivity contribution in [3.8, 4) is 0 Å². The number of pyridine rings is 2. The van der Waals surface area contributed by atoms with Gasteiger partial charge in [-0.15, -0.1) is 0 Å². The van der Waals surface area contributed by atoms with E-state index in [1.807, 2.05) is 0 Å². The Hall–Kier alpha value is -1.80. The number of halogens is 4. The van der Waals surface area contributed by atoms with Gasteiger partial charge in [0.05, 0.1) is 10.6 Å². The Morgan fingerprint density at radius 2 is 1.95 bits per heavy atom. The molecule has 21 heavy (non-hydrogen) atoms. The smallest absolute Gasteiger partial charge is 0.384 e. The van der Waals surface area contributed by atoms with E-state index in [-0.39, 0.29) is 10.9 Å². The Balaban J connectivity index is 2.27. The number of alkyl halides is 3. The highest BCUT2D eigenvalue weighted by molar-refractivity contribution is 7.99. The molecule has 0 spiro atoms. The highest BCUT2D eigenvalue weighted by atomic mass is 35.5. The van der Waals surface area contributed by atoms with E-state index in [1.54, 1.807) is 0 Å². The molecule has 0 amide bonds. The number of nitrogens with two attached hydrogens (primary N) is 1. The highest BCUT2D eigenvalue weighted by Crippen LogP contribution is 2.34. The van der Waals surface area contributed by atoms with Crippen LogP contribution in [-0.4, -0.2) is 15.8 Å². The van der Waals surface area contributed by atoms with Crippen LogP contribution >= 0.6 is 23.4 Å². The van der Waals surface area contributed by atoms with Crippen molar-refractivity contribution in [2.24, 2.45) is 5.73 Å². The van der Waals surface area contributed by atoms with Crippen molar-refractivity contribution < 1.29 is 13.2 Å². The highest BCUT2D eigenvalue weighted by Gasteiger charge is 2.30. The molecule has 0 saturated carbocycles. The van der Waals surface area contributed by atoms with Crippen LogP contribution in [0.1, 0.15) is 11.1 Å². The third kappa shape index (κ3) is 3.64. The Morgan fingerprint density at radius 3 is 2.48 bits per heavy atom. The number of nitrogens with one attached hydrogen (secondary N) is 1. The SMILES string of the molecule is N=C(N)c1ccnc(Sc2ccc(C(F)(F)F)cn2)c1Cl. The molecule has 110 valence electrons. The second-order valence-electron chi connectivity index (χ2n) is 3.88. The Kier molecular flexibility index (Phi) is 4.38. The lowest BCUT2D eigenvalue weighted by molar-refractivity contribution is -0.137. The first-order chi connectivity index (χ1) is 9.79. The van der Waals surface area contributed by atoms with Gasteiger partial charge in [0.15, 0.2) is 0 Å². The fourth-order valence-corrected chi connectivity index (χ4v) is 2.49.